The highest BCUT2D eigenvalue weighted by Crippen LogP contribution is 2.06. The maximum absolute atomic E-state index is 8.77. The van der Waals surface area contributed by atoms with Gasteiger partial charge in [0, 0.05) is 13.1 Å². The van der Waals surface area contributed by atoms with Crippen molar-refractivity contribution in [1.29, 1.82) is 5.26 Å². The molecule has 2 nitrogen and oxygen atoms in total. The highest BCUT2D eigenvalue weighted by Gasteiger charge is 2.07. The average Bonchev–Trinajstić information content (AvgIpc) is 2.29. The van der Waals surface area contributed by atoms with E-state index < -0.39 is 0 Å². The quantitative estimate of drug-likeness (QED) is 0.734. The summed E-state index contributed by atoms with van der Waals surface area (Å²) in [5.74, 6) is 0.105. The topological polar surface area (TPSA) is 27.0 Å². The zero-order valence-corrected chi connectivity index (χ0v) is 9.48. The standard InChI is InChI=1S/C13H18N2/c1-3-15(10-12(2)9-14)11-13-7-5-4-6-8-13/h4-8,12H,3,10-11H2,1-2H3/t12-/m1/s1. The molecule has 0 aliphatic rings. The molecule has 2 heteroatoms. The summed E-state index contributed by atoms with van der Waals surface area (Å²) < 4.78 is 0. The van der Waals surface area contributed by atoms with Gasteiger partial charge in [0.05, 0.1) is 12.0 Å². The second kappa shape index (κ2) is 6.21. The molecule has 15 heavy (non-hydrogen) atoms. The lowest BCUT2D eigenvalue weighted by molar-refractivity contribution is 0.260. The fraction of sp³-hybridized carbons (Fsp3) is 0.462. The molecule has 1 aromatic carbocycles. The van der Waals surface area contributed by atoms with Crippen molar-refractivity contribution in [3.8, 4) is 6.07 Å². The van der Waals surface area contributed by atoms with Crippen LogP contribution in [0.5, 0.6) is 0 Å². The number of hydrogen-bond acceptors (Lipinski definition) is 2. The van der Waals surface area contributed by atoms with Crippen LogP contribution in [0.15, 0.2) is 30.3 Å². The van der Waals surface area contributed by atoms with E-state index in [0.717, 1.165) is 19.6 Å². The number of nitriles is 1. The highest BCUT2D eigenvalue weighted by atomic mass is 15.1. The van der Waals surface area contributed by atoms with E-state index in [0.29, 0.717) is 0 Å². The maximum atomic E-state index is 8.77. The van der Waals surface area contributed by atoms with E-state index in [1.165, 1.54) is 5.56 Å². The summed E-state index contributed by atoms with van der Waals surface area (Å²) in [5, 5.41) is 8.77. The summed E-state index contributed by atoms with van der Waals surface area (Å²) in [5.41, 5.74) is 1.31. The fourth-order valence-electron chi connectivity index (χ4n) is 1.58. The first-order valence-electron chi connectivity index (χ1n) is 5.42. The zero-order chi connectivity index (χ0) is 11.1. The van der Waals surface area contributed by atoms with Gasteiger partial charge in [-0.1, -0.05) is 37.3 Å². The van der Waals surface area contributed by atoms with Crippen molar-refractivity contribution in [2.24, 2.45) is 5.92 Å². The lowest BCUT2D eigenvalue weighted by Gasteiger charge is -2.21. The molecule has 1 aromatic rings. The molecule has 0 heterocycles. The highest BCUT2D eigenvalue weighted by molar-refractivity contribution is 5.14. The van der Waals surface area contributed by atoms with Crippen molar-refractivity contribution in [2.45, 2.75) is 20.4 Å². The van der Waals surface area contributed by atoms with Gasteiger partial charge in [-0.05, 0) is 19.0 Å². The monoisotopic (exact) mass is 202 g/mol. The molecular weight excluding hydrogens is 184 g/mol. The molecule has 0 aliphatic carbocycles. The van der Waals surface area contributed by atoms with Gasteiger partial charge in [-0.25, -0.2) is 0 Å². The van der Waals surface area contributed by atoms with Crippen LogP contribution in [0, 0.1) is 17.2 Å². The Kier molecular flexibility index (Phi) is 4.86. The number of nitrogens with zero attached hydrogens (tertiary/aromatic N) is 2. The minimum absolute atomic E-state index is 0.105. The molecule has 1 rings (SSSR count). The van der Waals surface area contributed by atoms with Crippen LogP contribution < -0.4 is 0 Å². The Bertz CT molecular complexity index is 313. The Labute approximate surface area is 92.1 Å². The first kappa shape index (κ1) is 11.7. The van der Waals surface area contributed by atoms with Crippen LogP contribution in [0.1, 0.15) is 19.4 Å². The first-order valence-corrected chi connectivity index (χ1v) is 5.42. The second-order valence-electron chi connectivity index (χ2n) is 3.84. The molecule has 0 radical (unpaired) electrons. The normalized spacial score (nSPS) is 12.4. The van der Waals surface area contributed by atoms with Gasteiger partial charge in [0.25, 0.3) is 0 Å². The number of rotatable bonds is 5. The molecular formula is C13H18N2. The van der Waals surface area contributed by atoms with E-state index in [1.54, 1.807) is 0 Å². The lowest BCUT2D eigenvalue weighted by atomic mass is 10.1. The number of hydrogen-bond donors (Lipinski definition) is 0. The van der Waals surface area contributed by atoms with E-state index in [2.05, 4.69) is 42.2 Å². The Morgan fingerprint density at radius 1 is 1.33 bits per heavy atom. The smallest absolute Gasteiger partial charge is 0.0666 e. The van der Waals surface area contributed by atoms with E-state index in [9.17, 15) is 0 Å². The van der Waals surface area contributed by atoms with Crippen LogP contribution >= 0.6 is 0 Å². The molecule has 0 spiro atoms. The van der Waals surface area contributed by atoms with Crippen molar-refractivity contribution in [2.75, 3.05) is 13.1 Å². The van der Waals surface area contributed by atoms with E-state index in [1.807, 2.05) is 13.0 Å². The summed E-state index contributed by atoms with van der Waals surface area (Å²) in [6, 6.07) is 12.7. The van der Waals surface area contributed by atoms with Gasteiger partial charge < -0.3 is 0 Å². The van der Waals surface area contributed by atoms with Crippen molar-refractivity contribution < 1.29 is 0 Å². The molecule has 0 unspecified atom stereocenters. The van der Waals surface area contributed by atoms with Crippen LogP contribution in [-0.2, 0) is 6.54 Å². The van der Waals surface area contributed by atoms with E-state index >= 15 is 0 Å². The Morgan fingerprint density at radius 2 is 2.00 bits per heavy atom. The van der Waals surface area contributed by atoms with Crippen LogP contribution in [0.2, 0.25) is 0 Å². The van der Waals surface area contributed by atoms with Crippen LogP contribution in [-0.4, -0.2) is 18.0 Å². The molecule has 0 amide bonds. The minimum atomic E-state index is 0.105. The summed E-state index contributed by atoms with van der Waals surface area (Å²) >= 11 is 0. The second-order valence-corrected chi connectivity index (χ2v) is 3.84. The maximum Gasteiger partial charge on any atom is 0.0666 e. The largest absolute Gasteiger partial charge is 0.298 e. The predicted molar refractivity (Wildman–Crippen MR) is 62.2 cm³/mol. The molecule has 0 N–H and O–H groups in total. The third-order valence-corrected chi connectivity index (χ3v) is 2.45. The summed E-state index contributed by atoms with van der Waals surface area (Å²) in [4.78, 5) is 2.29. The van der Waals surface area contributed by atoms with Crippen LogP contribution in [0.25, 0.3) is 0 Å². The first-order chi connectivity index (χ1) is 7.26. The van der Waals surface area contributed by atoms with Crippen molar-refractivity contribution >= 4 is 0 Å². The SMILES string of the molecule is CCN(Cc1ccccc1)C[C@H](C)C#N. The Hall–Kier alpha value is -1.33. The molecule has 0 aliphatic heterocycles. The van der Waals surface area contributed by atoms with Gasteiger partial charge in [0.15, 0.2) is 0 Å². The van der Waals surface area contributed by atoms with Crippen LogP contribution in [0.4, 0.5) is 0 Å². The number of benzene rings is 1. The van der Waals surface area contributed by atoms with Gasteiger partial charge in [0.2, 0.25) is 0 Å². The average molecular weight is 202 g/mol. The predicted octanol–water partition coefficient (Wildman–Crippen LogP) is 2.67. The van der Waals surface area contributed by atoms with Gasteiger partial charge in [-0.15, -0.1) is 0 Å². The van der Waals surface area contributed by atoms with Crippen molar-refractivity contribution in [1.82, 2.24) is 4.90 Å². The fourth-order valence-corrected chi connectivity index (χ4v) is 1.58. The molecule has 0 saturated heterocycles. The van der Waals surface area contributed by atoms with Crippen molar-refractivity contribution in [3.05, 3.63) is 35.9 Å². The Morgan fingerprint density at radius 3 is 2.53 bits per heavy atom. The summed E-state index contributed by atoms with van der Waals surface area (Å²) in [7, 11) is 0. The van der Waals surface area contributed by atoms with Gasteiger partial charge in [0.1, 0.15) is 0 Å². The lowest BCUT2D eigenvalue weighted by Crippen LogP contribution is -2.27. The molecule has 1 atom stereocenters. The molecule has 0 aromatic heterocycles. The van der Waals surface area contributed by atoms with Gasteiger partial charge in [-0.2, -0.15) is 5.26 Å². The molecule has 0 saturated carbocycles. The van der Waals surface area contributed by atoms with E-state index in [4.69, 9.17) is 5.26 Å². The Balaban J connectivity index is 2.51. The van der Waals surface area contributed by atoms with Gasteiger partial charge in [-0.3, -0.25) is 4.90 Å². The minimum Gasteiger partial charge on any atom is -0.298 e. The van der Waals surface area contributed by atoms with Crippen LogP contribution in [0.3, 0.4) is 0 Å². The van der Waals surface area contributed by atoms with Gasteiger partial charge >= 0.3 is 0 Å². The summed E-state index contributed by atoms with van der Waals surface area (Å²) in [6.07, 6.45) is 0. The zero-order valence-electron chi connectivity index (χ0n) is 9.48. The third kappa shape index (κ3) is 4.14. The third-order valence-electron chi connectivity index (χ3n) is 2.45. The summed E-state index contributed by atoms with van der Waals surface area (Å²) in [6.45, 7) is 6.87. The molecule has 0 bridgehead atoms. The van der Waals surface area contributed by atoms with Crippen molar-refractivity contribution in [3.63, 3.8) is 0 Å². The molecule has 0 fully saturated rings. The van der Waals surface area contributed by atoms with E-state index in [-0.39, 0.29) is 5.92 Å². The molecule has 80 valence electrons.